The molecule has 1 heteroatoms. The van der Waals surface area contributed by atoms with Crippen molar-refractivity contribution in [2.75, 3.05) is 4.90 Å². The molecule has 54 heavy (non-hydrogen) atoms. The molecule has 264 valence electrons. The van der Waals surface area contributed by atoms with Gasteiger partial charge in [0.15, 0.2) is 0 Å². The van der Waals surface area contributed by atoms with Crippen LogP contribution in [0.25, 0.3) is 27.8 Å². The van der Waals surface area contributed by atoms with Gasteiger partial charge in [0.2, 0.25) is 0 Å². The first kappa shape index (κ1) is 32.1. The summed E-state index contributed by atoms with van der Waals surface area (Å²) in [5.74, 6) is 0. The van der Waals surface area contributed by atoms with Crippen molar-refractivity contribution in [1.82, 2.24) is 0 Å². The highest BCUT2D eigenvalue weighted by Gasteiger charge is 2.52. The van der Waals surface area contributed by atoms with Crippen LogP contribution in [-0.4, -0.2) is 0 Å². The Balaban J connectivity index is 1.27. The number of rotatable bonds is 4. The first-order valence-electron chi connectivity index (χ1n) is 20.5. The van der Waals surface area contributed by atoms with Crippen molar-refractivity contribution in [2.24, 2.45) is 0 Å². The van der Waals surface area contributed by atoms with Gasteiger partial charge in [-0.25, -0.2) is 0 Å². The summed E-state index contributed by atoms with van der Waals surface area (Å²) in [4.78, 5) is 2.71. The van der Waals surface area contributed by atoms with E-state index in [2.05, 4.69) is 146 Å². The minimum atomic E-state index is -0.398. The summed E-state index contributed by atoms with van der Waals surface area (Å²) in [7, 11) is 0. The molecule has 1 nitrogen and oxygen atoms in total. The Kier molecular flexibility index (Phi) is 7.32. The maximum Gasteiger partial charge on any atom is 0.0726 e. The zero-order chi connectivity index (χ0) is 36.0. The monoisotopic (exact) mass is 697 g/mol. The van der Waals surface area contributed by atoms with Crippen molar-refractivity contribution >= 4 is 22.6 Å². The van der Waals surface area contributed by atoms with Gasteiger partial charge in [-0.15, -0.1) is 0 Å². The van der Waals surface area contributed by atoms with Crippen molar-refractivity contribution in [2.45, 2.75) is 83.5 Å². The van der Waals surface area contributed by atoms with E-state index in [-0.39, 0.29) is 0 Å². The average molecular weight is 698 g/mol. The number of fused-ring (bicyclic) bond motifs is 12. The second-order valence-electron chi connectivity index (χ2n) is 16.5. The smallest absolute Gasteiger partial charge is 0.0726 e. The van der Waals surface area contributed by atoms with Crippen molar-refractivity contribution in [1.29, 1.82) is 0 Å². The predicted molar refractivity (Wildman–Crippen MR) is 227 cm³/mol. The first-order valence-corrected chi connectivity index (χ1v) is 20.5. The highest BCUT2D eigenvalue weighted by atomic mass is 15.2. The maximum atomic E-state index is 2.71. The normalized spacial score (nSPS) is 16.9. The molecule has 0 amide bonds. The lowest BCUT2D eigenvalue weighted by molar-refractivity contribution is 0.684. The third-order valence-corrected chi connectivity index (χ3v) is 13.5. The summed E-state index contributed by atoms with van der Waals surface area (Å²) in [6.45, 7) is 4.72. The van der Waals surface area contributed by atoms with Crippen LogP contribution in [0, 0.1) is 13.8 Å². The van der Waals surface area contributed by atoms with Crippen LogP contribution in [0.5, 0.6) is 0 Å². The summed E-state index contributed by atoms with van der Waals surface area (Å²) >= 11 is 0. The Morgan fingerprint density at radius 2 is 0.926 bits per heavy atom. The molecule has 0 N–H and O–H groups in total. The van der Waals surface area contributed by atoms with Crippen molar-refractivity contribution in [3.05, 3.63) is 189 Å². The summed E-state index contributed by atoms with van der Waals surface area (Å²) in [5.41, 5.74) is 26.1. The van der Waals surface area contributed by atoms with Crippen LogP contribution in [0.2, 0.25) is 0 Å². The van der Waals surface area contributed by atoms with E-state index in [9.17, 15) is 0 Å². The number of anilines is 3. The summed E-state index contributed by atoms with van der Waals surface area (Å²) in [5, 5.41) is 0. The number of hydrogen-bond donors (Lipinski definition) is 0. The second-order valence-corrected chi connectivity index (χ2v) is 16.5. The number of allylic oxidation sites excluding steroid dienone is 4. The number of aryl methyl sites for hydroxylation is 6. The maximum absolute atomic E-state index is 2.71. The van der Waals surface area contributed by atoms with Crippen molar-refractivity contribution < 1.29 is 0 Å². The molecule has 6 aromatic rings. The van der Waals surface area contributed by atoms with Crippen molar-refractivity contribution in [3.63, 3.8) is 0 Å². The van der Waals surface area contributed by atoms with Crippen LogP contribution in [0.15, 0.2) is 127 Å². The number of nitrogens with zero attached hydrogens (tertiary/aromatic N) is 1. The summed E-state index contributed by atoms with van der Waals surface area (Å²) in [6, 6.07) is 43.1. The van der Waals surface area contributed by atoms with E-state index in [0.717, 1.165) is 25.7 Å². The Labute approximate surface area is 320 Å². The van der Waals surface area contributed by atoms with Gasteiger partial charge in [-0.2, -0.15) is 0 Å². The van der Waals surface area contributed by atoms with E-state index in [0.29, 0.717) is 0 Å². The fraction of sp³-hybridized carbons (Fsp3) is 0.245. The van der Waals surface area contributed by atoms with Crippen LogP contribution in [0.3, 0.4) is 0 Å². The van der Waals surface area contributed by atoms with E-state index in [1.54, 1.807) is 11.1 Å². The van der Waals surface area contributed by atoms with Crippen LogP contribution >= 0.6 is 0 Å². The second kappa shape index (κ2) is 12.3. The highest BCUT2D eigenvalue weighted by Crippen LogP contribution is 2.64. The van der Waals surface area contributed by atoms with E-state index >= 15 is 0 Å². The fourth-order valence-electron chi connectivity index (χ4n) is 11.0. The Hall–Kier alpha value is -5.40. The molecule has 5 aliphatic carbocycles. The van der Waals surface area contributed by atoms with Crippen LogP contribution < -0.4 is 4.90 Å². The van der Waals surface area contributed by atoms with Gasteiger partial charge in [0, 0.05) is 16.9 Å². The van der Waals surface area contributed by atoms with Gasteiger partial charge in [-0.1, -0.05) is 103 Å². The molecule has 11 rings (SSSR count). The van der Waals surface area contributed by atoms with E-state index in [4.69, 9.17) is 0 Å². The van der Waals surface area contributed by atoms with Gasteiger partial charge in [-0.05, 0) is 186 Å². The molecular formula is C53H47N. The summed E-state index contributed by atoms with van der Waals surface area (Å²) < 4.78 is 0. The van der Waals surface area contributed by atoms with Gasteiger partial charge >= 0.3 is 0 Å². The van der Waals surface area contributed by atoms with Gasteiger partial charge in [0.05, 0.1) is 11.1 Å². The van der Waals surface area contributed by atoms with Gasteiger partial charge < -0.3 is 4.90 Å². The summed E-state index contributed by atoms with van der Waals surface area (Å²) in [6.07, 6.45) is 19.3. The molecule has 0 radical (unpaired) electrons. The zero-order valence-corrected chi connectivity index (χ0v) is 31.6. The van der Waals surface area contributed by atoms with Gasteiger partial charge in [-0.3, -0.25) is 0 Å². The molecule has 0 aromatic heterocycles. The lowest BCUT2D eigenvalue weighted by Gasteiger charge is -2.35. The molecule has 5 aliphatic rings. The van der Waals surface area contributed by atoms with E-state index in [1.807, 2.05) is 0 Å². The molecular weight excluding hydrogens is 651 g/mol. The third-order valence-electron chi connectivity index (χ3n) is 13.5. The van der Waals surface area contributed by atoms with Gasteiger partial charge in [0.25, 0.3) is 0 Å². The molecule has 0 bridgehead atoms. The molecule has 1 spiro atoms. The number of benzene rings is 6. The van der Waals surface area contributed by atoms with Crippen molar-refractivity contribution in [3.8, 4) is 22.3 Å². The largest absolute Gasteiger partial charge is 0.309 e. The van der Waals surface area contributed by atoms with Gasteiger partial charge in [0.1, 0.15) is 0 Å². The average Bonchev–Trinajstić information content (AvgIpc) is 3.68. The SMILES string of the molecule is Cc1cc2c(cc1N(c1cc3c(cc1C)CCCC3)c1cc3c(cc1C1=CCCC=C1)-c1ccccc1C31c3ccccc3-c3ccccc31)CCCC2. The number of hydrogen-bond acceptors (Lipinski definition) is 1. The van der Waals surface area contributed by atoms with Crippen LogP contribution in [0.1, 0.15) is 99.7 Å². The Bertz CT molecular complexity index is 2480. The predicted octanol–water partition coefficient (Wildman–Crippen LogP) is 13.6. The standard InChI is InChI=1S/C53H47N/c1-34-28-37-18-6-8-20-39(37)30-50(34)54(51-31-40-21-9-7-19-38(40)29-35(51)2)52-33-49-45(32-44(52)36-16-4-3-5-17-36)43-24-12-15-27-48(43)53(49)46-25-13-10-22-41(46)42-23-11-14-26-47(42)53/h4,10-17,22-33H,3,5-9,18-21H2,1-2H3. The minimum absolute atomic E-state index is 0.398. The Morgan fingerprint density at radius 3 is 1.43 bits per heavy atom. The van der Waals surface area contributed by atoms with E-state index in [1.165, 1.54) is 133 Å². The fourth-order valence-corrected chi connectivity index (χ4v) is 11.0. The third kappa shape index (κ3) is 4.57. The molecule has 0 aliphatic heterocycles. The molecule has 0 atom stereocenters. The lowest BCUT2D eigenvalue weighted by Crippen LogP contribution is -2.26. The molecule has 0 saturated carbocycles. The molecule has 6 aromatic carbocycles. The first-order chi connectivity index (χ1) is 26.6. The quantitative estimate of drug-likeness (QED) is 0.177. The van der Waals surface area contributed by atoms with Crippen LogP contribution in [-0.2, 0) is 31.1 Å². The molecule has 0 fully saturated rings. The van der Waals surface area contributed by atoms with E-state index < -0.39 is 5.41 Å². The zero-order valence-electron chi connectivity index (χ0n) is 31.6. The lowest BCUT2D eigenvalue weighted by atomic mass is 9.70. The van der Waals surface area contributed by atoms with Crippen LogP contribution in [0.4, 0.5) is 17.1 Å². The topological polar surface area (TPSA) is 3.24 Å². The molecule has 0 unspecified atom stereocenters. The Morgan fingerprint density at radius 1 is 0.444 bits per heavy atom. The molecule has 0 saturated heterocycles. The molecule has 0 heterocycles. The minimum Gasteiger partial charge on any atom is -0.309 e. The highest BCUT2D eigenvalue weighted by molar-refractivity contribution is 6.00.